The summed E-state index contributed by atoms with van der Waals surface area (Å²) < 4.78 is 7.01. The van der Waals surface area contributed by atoms with E-state index in [9.17, 15) is 0 Å². The largest absolute Gasteiger partial charge is 0.497 e. The average molecular weight is 306 g/mol. The number of ether oxygens (including phenoxy) is 1. The van der Waals surface area contributed by atoms with Gasteiger partial charge in [0, 0.05) is 23.5 Å². The number of rotatable bonds is 2. The Morgan fingerprint density at radius 1 is 1.47 bits per heavy atom. The molecule has 0 amide bonds. The highest BCUT2D eigenvalue weighted by atomic mass is 79.9. The topological polar surface area (TPSA) is 12.5 Å². The van der Waals surface area contributed by atoms with Crippen LogP contribution in [0.1, 0.15) is 0 Å². The molecular weight excluding hydrogens is 294 g/mol. The lowest BCUT2D eigenvalue weighted by Crippen LogP contribution is -2.15. The van der Waals surface area contributed by atoms with E-state index in [0.29, 0.717) is 0 Å². The fourth-order valence-electron chi connectivity index (χ4n) is 0.874. The van der Waals surface area contributed by atoms with Crippen molar-refractivity contribution in [1.29, 1.82) is 0 Å². The Bertz CT molecular complexity index is 368. The highest BCUT2D eigenvalue weighted by Gasteiger charge is 2.07. The van der Waals surface area contributed by atoms with Gasteiger partial charge in [0.05, 0.1) is 7.11 Å². The van der Waals surface area contributed by atoms with Crippen molar-refractivity contribution in [2.45, 2.75) is 4.90 Å². The van der Waals surface area contributed by atoms with Gasteiger partial charge >= 0.3 is 0 Å². The van der Waals surface area contributed by atoms with Crippen LogP contribution in [0, 0.1) is 0 Å². The Morgan fingerprint density at radius 3 is 2.67 bits per heavy atom. The van der Waals surface area contributed by atoms with Crippen molar-refractivity contribution in [2.75, 3.05) is 21.2 Å². The maximum Gasteiger partial charge on any atom is 0.140 e. The van der Waals surface area contributed by atoms with Crippen LogP contribution in [0.25, 0.3) is 0 Å². The molecule has 0 bridgehead atoms. The molecule has 5 heteroatoms. The van der Waals surface area contributed by atoms with Crippen molar-refractivity contribution in [3.8, 4) is 5.75 Å². The summed E-state index contributed by atoms with van der Waals surface area (Å²) in [5.74, 6) is 0.835. The van der Waals surface area contributed by atoms with Gasteiger partial charge in [-0.25, -0.2) is 0 Å². The van der Waals surface area contributed by atoms with Gasteiger partial charge in [-0.1, -0.05) is 24.0 Å². The van der Waals surface area contributed by atoms with Crippen molar-refractivity contribution in [1.82, 2.24) is 4.90 Å². The Hall–Kier alpha value is -0.260. The highest BCUT2D eigenvalue weighted by molar-refractivity contribution is 9.10. The first-order valence-electron chi connectivity index (χ1n) is 4.27. The zero-order chi connectivity index (χ0) is 11.4. The molecule has 15 heavy (non-hydrogen) atoms. The molecule has 0 saturated carbocycles. The molecule has 0 saturated heterocycles. The smallest absolute Gasteiger partial charge is 0.140 e. The normalized spacial score (nSPS) is 9.87. The van der Waals surface area contributed by atoms with E-state index in [-0.39, 0.29) is 0 Å². The van der Waals surface area contributed by atoms with Crippen LogP contribution in [0.15, 0.2) is 27.6 Å². The second-order valence-corrected chi connectivity index (χ2v) is 5.59. The van der Waals surface area contributed by atoms with Gasteiger partial charge in [-0.3, -0.25) is 0 Å². The number of hydrogen-bond acceptors (Lipinski definition) is 3. The molecule has 0 radical (unpaired) electrons. The first kappa shape index (κ1) is 12.8. The molecule has 1 aromatic rings. The molecule has 0 aliphatic rings. The summed E-state index contributed by atoms with van der Waals surface area (Å²) in [5, 5.41) is 0. The quantitative estimate of drug-likeness (QED) is 0.613. The SMILES string of the molecule is COc1ccc(Br)c(SC(=S)N(C)C)c1. The summed E-state index contributed by atoms with van der Waals surface area (Å²) in [5.41, 5.74) is 0. The number of methoxy groups -OCH3 is 1. The lowest BCUT2D eigenvalue weighted by molar-refractivity contribution is 0.413. The zero-order valence-corrected chi connectivity index (χ0v) is 12.0. The van der Waals surface area contributed by atoms with Crippen molar-refractivity contribution in [2.24, 2.45) is 0 Å². The predicted octanol–water partition coefficient (Wildman–Crippen LogP) is 3.40. The molecule has 0 spiro atoms. The number of halogens is 1. The second kappa shape index (κ2) is 5.72. The molecule has 1 rings (SSSR count). The van der Waals surface area contributed by atoms with E-state index in [1.165, 1.54) is 11.8 Å². The molecule has 1 aromatic carbocycles. The number of nitrogens with zero attached hydrogens (tertiary/aromatic N) is 1. The molecule has 0 atom stereocenters. The summed E-state index contributed by atoms with van der Waals surface area (Å²) in [6, 6.07) is 5.83. The number of thiocarbonyl (C=S) groups is 1. The van der Waals surface area contributed by atoms with Crippen LogP contribution in [0.2, 0.25) is 0 Å². The van der Waals surface area contributed by atoms with E-state index < -0.39 is 0 Å². The lowest BCUT2D eigenvalue weighted by Gasteiger charge is -2.13. The summed E-state index contributed by atoms with van der Waals surface area (Å²) >= 11 is 10.2. The summed E-state index contributed by atoms with van der Waals surface area (Å²) in [7, 11) is 5.52. The molecule has 0 fully saturated rings. The number of benzene rings is 1. The molecule has 0 aromatic heterocycles. The van der Waals surface area contributed by atoms with Crippen molar-refractivity contribution in [3.05, 3.63) is 22.7 Å². The van der Waals surface area contributed by atoms with Crippen molar-refractivity contribution in [3.63, 3.8) is 0 Å². The standard InChI is InChI=1S/C10H12BrNOS2/c1-12(2)10(14)15-9-6-7(13-3)4-5-8(9)11/h4-6H,1-3H3. The van der Waals surface area contributed by atoms with E-state index in [2.05, 4.69) is 15.9 Å². The van der Waals surface area contributed by atoms with Crippen LogP contribution in [0.4, 0.5) is 0 Å². The summed E-state index contributed by atoms with van der Waals surface area (Å²) in [4.78, 5) is 2.97. The van der Waals surface area contributed by atoms with E-state index in [0.717, 1.165) is 19.4 Å². The van der Waals surface area contributed by atoms with E-state index in [1.807, 2.05) is 37.2 Å². The van der Waals surface area contributed by atoms with Gasteiger partial charge in [0.25, 0.3) is 0 Å². The van der Waals surface area contributed by atoms with Gasteiger partial charge in [-0.2, -0.15) is 0 Å². The molecular formula is C10H12BrNOS2. The molecule has 0 heterocycles. The highest BCUT2D eigenvalue weighted by Crippen LogP contribution is 2.32. The minimum atomic E-state index is 0.823. The van der Waals surface area contributed by atoms with Crippen LogP contribution in [-0.4, -0.2) is 30.4 Å². The Kier molecular flexibility index (Phi) is 4.89. The lowest BCUT2D eigenvalue weighted by atomic mass is 10.3. The molecule has 0 aliphatic carbocycles. The minimum absolute atomic E-state index is 0.823. The minimum Gasteiger partial charge on any atom is -0.497 e. The summed E-state index contributed by atoms with van der Waals surface area (Å²) in [6.07, 6.45) is 0. The Morgan fingerprint density at radius 2 is 2.13 bits per heavy atom. The molecule has 2 nitrogen and oxygen atoms in total. The zero-order valence-electron chi connectivity index (χ0n) is 8.78. The van der Waals surface area contributed by atoms with Crippen molar-refractivity contribution >= 4 is 44.2 Å². The molecule has 0 unspecified atom stereocenters. The monoisotopic (exact) mass is 305 g/mol. The van der Waals surface area contributed by atoms with Gasteiger partial charge < -0.3 is 9.64 Å². The molecule has 0 aliphatic heterocycles. The van der Waals surface area contributed by atoms with Crippen molar-refractivity contribution < 1.29 is 4.74 Å². The van der Waals surface area contributed by atoms with Gasteiger partial charge in [0.2, 0.25) is 0 Å². The van der Waals surface area contributed by atoms with Crippen LogP contribution in [-0.2, 0) is 0 Å². The first-order chi connectivity index (χ1) is 7.04. The predicted molar refractivity (Wildman–Crippen MR) is 72.8 cm³/mol. The van der Waals surface area contributed by atoms with Crippen LogP contribution in [0.5, 0.6) is 5.75 Å². The third-order valence-electron chi connectivity index (χ3n) is 1.70. The summed E-state index contributed by atoms with van der Waals surface area (Å²) in [6.45, 7) is 0. The fraction of sp³-hybridized carbons (Fsp3) is 0.300. The fourth-order valence-corrected chi connectivity index (χ4v) is 2.34. The van der Waals surface area contributed by atoms with Crippen LogP contribution < -0.4 is 4.74 Å². The van der Waals surface area contributed by atoms with Gasteiger partial charge in [-0.05, 0) is 34.1 Å². The van der Waals surface area contributed by atoms with E-state index in [4.69, 9.17) is 17.0 Å². The first-order valence-corrected chi connectivity index (χ1v) is 6.29. The van der Waals surface area contributed by atoms with E-state index in [1.54, 1.807) is 7.11 Å². The average Bonchev–Trinajstić information content (AvgIpc) is 2.21. The van der Waals surface area contributed by atoms with Gasteiger partial charge in [0.15, 0.2) is 0 Å². The third-order valence-corrected chi connectivity index (χ3v) is 4.37. The second-order valence-electron chi connectivity index (χ2n) is 3.06. The van der Waals surface area contributed by atoms with Crippen LogP contribution >= 0.6 is 39.9 Å². The Balaban J connectivity index is 2.88. The Labute approximate surface area is 108 Å². The number of hydrogen-bond donors (Lipinski definition) is 0. The van der Waals surface area contributed by atoms with Gasteiger partial charge in [-0.15, -0.1) is 0 Å². The maximum atomic E-state index is 5.23. The van der Waals surface area contributed by atoms with Crippen LogP contribution in [0.3, 0.4) is 0 Å². The molecule has 0 N–H and O–H groups in total. The van der Waals surface area contributed by atoms with Gasteiger partial charge in [0.1, 0.15) is 10.1 Å². The maximum absolute atomic E-state index is 5.23. The number of thioether (sulfide) groups is 1. The third kappa shape index (κ3) is 3.66. The van der Waals surface area contributed by atoms with E-state index >= 15 is 0 Å². The molecule has 82 valence electrons.